The Morgan fingerprint density at radius 2 is 1.74 bits per heavy atom. The summed E-state index contributed by atoms with van der Waals surface area (Å²) in [6.07, 6.45) is 1.63. The van der Waals surface area contributed by atoms with E-state index in [2.05, 4.69) is 10.3 Å². The second kappa shape index (κ2) is 7.37. The van der Waals surface area contributed by atoms with Gasteiger partial charge >= 0.3 is 0 Å². The van der Waals surface area contributed by atoms with Crippen molar-refractivity contribution >= 4 is 23.0 Å². The van der Waals surface area contributed by atoms with Crippen LogP contribution in [0, 0.1) is 0 Å². The first-order chi connectivity index (χ1) is 13.2. The molecule has 0 spiro atoms. The van der Waals surface area contributed by atoms with Crippen LogP contribution >= 0.6 is 0 Å². The van der Waals surface area contributed by atoms with Gasteiger partial charge in [0.15, 0.2) is 11.5 Å². The van der Waals surface area contributed by atoms with Crippen LogP contribution in [0.3, 0.4) is 0 Å². The molecule has 0 saturated heterocycles. The molecule has 2 heterocycles. The Morgan fingerprint density at radius 1 is 0.963 bits per heavy atom. The van der Waals surface area contributed by atoms with E-state index < -0.39 is 0 Å². The molecule has 6 nitrogen and oxygen atoms in total. The lowest BCUT2D eigenvalue weighted by molar-refractivity contribution is 0.102. The highest BCUT2D eigenvalue weighted by atomic mass is 16.6. The molecule has 6 heteroatoms. The number of anilines is 3. The van der Waals surface area contributed by atoms with Crippen molar-refractivity contribution in [2.45, 2.75) is 0 Å². The molecule has 27 heavy (non-hydrogen) atoms. The van der Waals surface area contributed by atoms with Gasteiger partial charge in [-0.2, -0.15) is 0 Å². The Kier molecular flexibility index (Phi) is 4.61. The molecule has 1 aliphatic rings. The summed E-state index contributed by atoms with van der Waals surface area (Å²) < 4.78 is 11.0. The number of nitrogens with one attached hydrogen (secondary N) is 1. The van der Waals surface area contributed by atoms with E-state index in [9.17, 15) is 4.79 Å². The van der Waals surface area contributed by atoms with Crippen molar-refractivity contribution in [1.29, 1.82) is 0 Å². The lowest BCUT2D eigenvalue weighted by Crippen LogP contribution is -2.17. The third-order valence-electron chi connectivity index (χ3n) is 4.31. The first kappa shape index (κ1) is 16.9. The summed E-state index contributed by atoms with van der Waals surface area (Å²) in [5, 5.41) is 2.86. The van der Waals surface area contributed by atoms with Gasteiger partial charge < -0.3 is 19.7 Å². The van der Waals surface area contributed by atoms with Crippen molar-refractivity contribution in [3.05, 3.63) is 72.6 Å². The van der Waals surface area contributed by atoms with E-state index in [0.29, 0.717) is 36.1 Å². The van der Waals surface area contributed by atoms with E-state index in [1.54, 1.807) is 30.5 Å². The fourth-order valence-corrected chi connectivity index (χ4v) is 2.87. The quantitative estimate of drug-likeness (QED) is 0.764. The maximum Gasteiger partial charge on any atom is 0.274 e. The van der Waals surface area contributed by atoms with Crippen LogP contribution in [-0.2, 0) is 0 Å². The highest BCUT2D eigenvalue weighted by molar-refractivity contribution is 6.03. The van der Waals surface area contributed by atoms with Gasteiger partial charge in [0, 0.05) is 36.4 Å². The van der Waals surface area contributed by atoms with E-state index in [4.69, 9.17) is 9.47 Å². The fraction of sp³-hybridized carbons (Fsp3) is 0.143. The van der Waals surface area contributed by atoms with Crippen molar-refractivity contribution in [3.63, 3.8) is 0 Å². The van der Waals surface area contributed by atoms with E-state index in [-0.39, 0.29) is 5.91 Å². The third-order valence-corrected chi connectivity index (χ3v) is 4.31. The molecule has 2 aromatic carbocycles. The first-order valence-electron chi connectivity index (χ1n) is 8.66. The number of carbonyl (C=O) groups excluding carboxylic acids is 1. The van der Waals surface area contributed by atoms with Crippen molar-refractivity contribution in [2.24, 2.45) is 0 Å². The van der Waals surface area contributed by atoms with Gasteiger partial charge in [-0.25, -0.2) is 0 Å². The Labute approximate surface area is 157 Å². The van der Waals surface area contributed by atoms with E-state index >= 15 is 0 Å². The summed E-state index contributed by atoms with van der Waals surface area (Å²) >= 11 is 0. The van der Waals surface area contributed by atoms with E-state index in [0.717, 1.165) is 11.4 Å². The zero-order chi connectivity index (χ0) is 18.6. The number of hydrogen-bond acceptors (Lipinski definition) is 5. The Balaban J connectivity index is 1.52. The van der Waals surface area contributed by atoms with Crippen LogP contribution in [0.15, 0.2) is 66.9 Å². The standard InChI is InChI=1S/C21H19N3O3/c1-24(16-5-3-2-4-6-16)17-9-10-22-18(14-17)21(25)23-15-7-8-19-20(13-15)27-12-11-26-19/h2-10,13-14H,11-12H2,1H3,(H,23,25). The molecule has 3 aromatic rings. The molecule has 1 aromatic heterocycles. The molecular formula is C21H19N3O3. The van der Waals surface area contributed by atoms with Gasteiger partial charge in [-0.05, 0) is 36.4 Å². The van der Waals surface area contributed by atoms with Crippen LogP contribution in [0.4, 0.5) is 17.1 Å². The number of amides is 1. The van der Waals surface area contributed by atoms with Crippen LogP contribution in [0.25, 0.3) is 0 Å². The largest absolute Gasteiger partial charge is 0.486 e. The average molecular weight is 361 g/mol. The highest BCUT2D eigenvalue weighted by Gasteiger charge is 2.15. The van der Waals surface area contributed by atoms with Gasteiger partial charge in [-0.15, -0.1) is 0 Å². The summed E-state index contributed by atoms with van der Waals surface area (Å²) in [6, 6.07) is 18.9. The highest BCUT2D eigenvalue weighted by Crippen LogP contribution is 2.32. The Hall–Kier alpha value is -3.54. The number of aromatic nitrogens is 1. The SMILES string of the molecule is CN(c1ccccc1)c1ccnc(C(=O)Nc2ccc3c(c2)OCCO3)c1. The number of para-hydroxylation sites is 1. The molecular weight excluding hydrogens is 342 g/mol. The van der Waals surface area contributed by atoms with Crippen LogP contribution in [0.1, 0.15) is 10.5 Å². The normalized spacial score (nSPS) is 12.3. The van der Waals surface area contributed by atoms with Crippen LogP contribution in [0.2, 0.25) is 0 Å². The second-order valence-electron chi connectivity index (χ2n) is 6.11. The van der Waals surface area contributed by atoms with Crippen molar-refractivity contribution in [3.8, 4) is 11.5 Å². The van der Waals surface area contributed by atoms with E-state index in [1.165, 1.54) is 0 Å². The minimum atomic E-state index is -0.282. The van der Waals surface area contributed by atoms with Gasteiger partial charge in [0.05, 0.1) is 0 Å². The minimum absolute atomic E-state index is 0.282. The predicted molar refractivity (Wildman–Crippen MR) is 104 cm³/mol. The van der Waals surface area contributed by atoms with Crippen molar-refractivity contribution < 1.29 is 14.3 Å². The number of pyridine rings is 1. The summed E-state index contributed by atoms with van der Waals surface area (Å²) in [4.78, 5) is 18.8. The zero-order valence-corrected chi connectivity index (χ0v) is 14.9. The summed E-state index contributed by atoms with van der Waals surface area (Å²) in [5.41, 5.74) is 2.88. The number of nitrogens with zero attached hydrogens (tertiary/aromatic N) is 2. The first-order valence-corrected chi connectivity index (χ1v) is 8.66. The number of rotatable bonds is 4. The van der Waals surface area contributed by atoms with Gasteiger partial charge in [-0.3, -0.25) is 9.78 Å². The molecule has 1 aliphatic heterocycles. The zero-order valence-electron chi connectivity index (χ0n) is 14.9. The number of hydrogen-bond donors (Lipinski definition) is 1. The molecule has 1 amide bonds. The van der Waals surface area contributed by atoms with Gasteiger partial charge in [0.1, 0.15) is 18.9 Å². The Bertz CT molecular complexity index is 960. The predicted octanol–water partition coefficient (Wildman–Crippen LogP) is 3.87. The molecule has 4 rings (SSSR count). The van der Waals surface area contributed by atoms with E-state index in [1.807, 2.05) is 48.3 Å². The minimum Gasteiger partial charge on any atom is -0.486 e. The van der Waals surface area contributed by atoms with Crippen molar-refractivity contribution in [1.82, 2.24) is 4.98 Å². The molecule has 1 N–H and O–H groups in total. The van der Waals surface area contributed by atoms with Crippen LogP contribution in [0.5, 0.6) is 11.5 Å². The summed E-state index contributed by atoms with van der Waals surface area (Å²) in [7, 11) is 1.95. The van der Waals surface area contributed by atoms with Crippen LogP contribution < -0.4 is 19.7 Å². The topological polar surface area (TPSA) is 63.7 Å². The molecule has 0 aliphatic carbocycles. The summed E-state index contributed by atoms with van der Waals surface area (Å²) in [6.45, 7) is 1.03. The number of fused-ring (bicyclic) bond motifs is 1. The molecule has 0 atom stereocenters. The monoisotopic (exact) mass is 361 g/mol. The lowest BCUT2D eigenvalue weighted by atomic mass is 10.2. The van der Waals surface area contributed by atoms with Gasteiger partial charge in [0.25, 0.3) is 5.91 Å². The summed E-state index contributed by atoms with van der Waals surface area (Å²) in [5.74, 6) is 1.03. The smallest absolute Gasteiger partial charge is 0.274 e. The molecule has 0 saturated carbocycles. The molecule has 0 radical (unpaired) electrons. The van der Waals surface area contributed by atoms with Crippen molar-refractivity contribution in [2.75, 3.05) is 30.5 Å². The fourth-order valence-electron chi connectivity index (χ4n) is 2.87. The maximum absolute atomic E-state index is 12.6. The number of benzene rings is 2. The lowest BCUT2D eigenvalue weighted by Gasteiger charge is -2.20. The van der Waals surface area contributed by atoms with Crippen LogP contribution in [-0.4, -0.2) is 31.2 Å². The maximum atomic E-state index is 12.6. The molecule has 0 bridgehead atoms. The molecule has 136 valence electrons. The molecule has 0 unspecified atom stereocenters. The second-order valence-corrected chi connectivity index (χ2v) is 6.11. The Morgan fingerprint density at radius 3 is 2.56 bits per heavy atom. The third kappa shape index (κ3) is 3.69. The number of ether oxygens (including phenoxy) is 2. The number of carbonyl (C=O) groups is 1. The average Bonchev–Trinajstić information content (AvgIpc) is 2.74. The van der Waals surface area contributed by atoms with Gasteiger partial charge in [-0.1, -0.05) is 18.2 Å². The van der Waals surface area contributed by atoms with Gasteiger partial charge in [0.2, 0.25) is 0 Å². The molecule has 0 fully saturated rings.